The van der Waals surface area contributed by atoms with E-state index >= 15 is 0 Å². The topological polar surface area (TPSA) is 17.1 Å². The summed E-state index contributed by atoms with van der Waals surface area (Å²) >= 11 is 2.68. The van der Waals surface area contributed by atoms with Gasteiger partial charge in [-0.2, -0.15) is 13.2 Å². The molecule has 0 aliphatic carbocycles. The number of carbonyl (C=O) groups excluding carboxylic acids is 1. The molecule has 14 heavy (non-hydrogen) atoms. The SMILES string of the molecule is O=C(c1ccc(F)cc1Br)C(F)(F)F. The molecule has 0 atom stereocenters. The van der Waals surface area contributed by atoms with Gasteiger partial charge in [0, 0.05) is 10.0 Å². The van der Waals surface area contributed by atoms with Crippen molar-refractivity contribution < 1.29 is 22.4 Å². The molecule has 0 fully saturated rings. The average Bonchev–Trinajstić information content (AvgIpc) is 2.01. The van der Waals surface area contributed by atoms with Crippen LogP contribution in [0.5, 0.6) is 0 Å². The molecule has 0 aromatic heterocycles. The highest BCUT2D eigenvalue weighted by Gasteiger charge is 2.40. The van der Waals surface area contributed by atoms with E-state index in [0.717, 1.165) is 18.2 Å². The summed E-state index contributed by atoms with van der Waals surface area (Å²) in [5, 5.41) is 0. The van der Waals surface area contributed by atoms with E-state index in [-0.39, 0.29) is 4.47 Å². The molecule has 76 valence electrons. The molecule has 1 aromatic rings. The van der Waals surface area contributed by atoms with Crippen molar-refractivity contribution in [3.8, 4) is 0 Å². The Morgan fingerprint density at radius 1 is 1.29 bits per heavy atom. The Morgan fingerprint density at radius 3 is 2.29 bits per heavy atom. The number of carbonyl (C=O) groups is 1. The van der Waals surface area contributed by atoms with Crippen molar-refractivity contribution in [2.75, 3.05) is 0 Å². The van der Waals surface area contributed by atoms with Crippen LogP contribution in [0.1, 0.15) is 10.4 Å². The lowest BCUT2D eigenvalue weighted by atomic mass is 10.1. The van der Waals surface area contributed by atoms with E-state index in [1.54, 1.807) is 0 Å². The summed E-state index contributed by atoms with van der Waals surface area (Å²) < 4.78 is 48.1. The third kappa shape index (κ3) is 2.31. The first kappa shape index (κ1) is 11.2. The Morgan fingerprint density at radius 2 is 1.86 bits per heavy atom. The summed E-state index contributed by atoms with van der Waals surface area (Å²) in [6, 6.07) is 2.39. The Labute approximate surface area is 84.9 Å². The molecule has 0 heterocycles. The Hall–Kier alpha value is -0.910. The number of Topliss-reactive ketones (excluding diaryl/α,β-unsaturated/α-hetero) is 1. The molecule has 0 aliphatic heterocycles. The van der Waals surface area contributed by atoms with E-state index in [1.165, 1.54) is 0 Å². The van der Waals surface area contributed by atoms with Crippen LogP contribution in [-0.2, 0) is 0 Å². The normalized spacial score (nSPS) is 11.5. The van der Waals surface area contributed by atoms with Crippen molar-refractivity contribution in [1.82, 2.24) is 0 Å². The molecule has 0 amide bonds. The van der Waals surface area contributed by atoms with Gasteiger partial charge in [0.25, 0.3) is 5.78 Å². The van der Waals surface area contributed by atoms with E-state index in [0.29, 0.717) is 0 Å². The van der Waals surface area contributed by atoms with E-state index in [2.05, 4.69) is 15.9 Å². The van der Waals surface area contributed by atoms with Gasteiger partial charge in [-0.1, -0.05) is 0 Å². The third-order valence-corrected chi connectivity index (χ3v) is 2.09. The highest BCUT2D eigenvalue weighted by molar-refractivity contribution is 9.10. The van der Waals surface area contributed by atoms with Crippen LogP contribution in [0.4, 0.5) is 17.6 Å². The summed E-state index contributed by atoms with van der Waals surface area (Å²) in [6.45, 7) is 0. The van der Waals surface area contributed by atoms with Crippen LogP contribution < -0.4 is 0 Å². The fraction of sp³-hybridized carbons (Fsp3) is 0.125. The second-order valence-electron chi connectivity index (χ2n) is 2.45. The molecular formula is C8H3BrF4O. The summed E-state index contributed by atoms with van der Waals surface area (Å²) in [4.78, 5) is 10.7. The van der Waals surface area contributed by atoms with E-state index in [9.17, 15) is 22.4 Å². The molecule has 0 radical (unpaired) electrons. The van der Waals surface area contributed by atoms with E-state index in [4.69, 9.17) is 0 Å². The zero-order chi connectivity index (χ0) is 10.9. The standard InChI is InChI=1S/C8H3BrF4O/c9-6-3-4(10)1-2-5(6)7(14)8(11,12)13/h1-3H. The van der Waals surface area contributed by atoms with Crippen LogP contribution >= 0.6 is 15.9 Å². The molecule has 1 rings (SSSR count). The monoisotopic (exact) mass is 270 g/mol. The number of hydrogen-bond donors (Lipinski definition) is 0. The van der Waals surface area contributed by atoms with Gasteiger partial charge in [0.2, 0.25) is 0 Å². The van der Waals surface area contributed by atoms with Gasteiger partial charge in [-0.25, -0.2) is 4.39 Å². The quantitative estimate of drug-likeness (QED) is 0.565. The van der Waals surface area contributed by atoms with Crippen molar-refractivity contribution in [3.05, 3.63) is 34.1 Å². The predicted octanol–water partition coefficient (Wildman–Crippen LogP) is 3.33. The van der Waals surface area contributed by atoms with Crippen molar-refractivity contribution >= 4 is 21.7 Å². The van der Waals surface area contributed by atoms with Crippen LogP contribution in [0, 0.1) is 5.82 Å². The lowest BCUT2D eigenvalue weighted by molar-refractivity contribution is -0.0885. The first-order valence-electron chi connectivity index (χ1n) is 3.39. The van der Waals surface area contributed by atoms with Gasteiger partial charge >= 0.3 is 6.18 Å². The summed E-state index contributed by atoms with van der Waals surface area (Å²) in [7, 11) is 0. The van der Waals surface area contributed by atoms with E-state index in [1.807, 2.05) is 0 Å². The van der Waals surface area contributed by atoms with Crippen LogP contribution in [0.2, 0.25) is 0 Å². The highest BCUT2D eigenvalue weighted by atomic mass is 79.9. The Balaban J connectivity index is 3.15. The second-order valence-corrected chi connectivity index (χ2v) is 3.31. The smallest absolute Gasteiger partial charge is 0.284 e. The van der Waals surface area contributed by atoms with Crippen molar-refractivity contribution in [1.29, 1.82) is 0 Å². The van der Waals surface area contributed by atoms with Gasteiger partial charge in [0.15, 0.2) is 0 Å². The minimum atomic E-state index is -4.94. The molecule has 0 unspecified atom stereocenters. The van der Waals surface area contributed by atoms with Crippen LogP contribution in [0.3, 0.4) is 0 Å². The number of ketones is 1. The molecule has 1 nitrogen and oxygen atoms in total. The molecule has 6 heteroatoms. The summed E-state index contributed by atoms with van der Waals surface area (Å²) in [5.74, 6) is -2.71. The van der Waals surface area contributed by atoms with Crippen molar-refractivity contribution in [2.45, 2.75) is 6.18 Å². The molecule has 0 aliphatic rings. The summed E-state index contributed by atoms with van der Waals surface area (Å²) in [6.07, 6.45) is -4.94. The van der Waals surface area contributed by atoms with Crippen molar-refractivity contribution in [2.24, 2.45) is 0 Å². The maximum absolute atomic E-state index is 12.5. The largest absolute Gasteiger partial charge is 0.454 e. The third-order valence-electron chi connectivity index (χ3n) is 1.43. The zero-order valence-corrected chi connectivity index (χ0v) is 8.12. The number of rotatable bonds is 1. The number of halogens is 5. The van der Waals surface area contributed by atoms with Crippen LogP contribution in [0.15, 0.2) is 22.7 Å². The van der Waals surface area contributed by atoms with Gasteiger partial charge in [-0.15, -0.1) is 0 Å². The second kappa shape index (κ2) is 3.68. The van der Waals surface area contributed by atoms with Gasteiger partial charge < -0.3 is 0 Å². The minimum Gasteiger partial charge on any atom is -0.284 e. The fourth-order valence-electron chi connectivity index (χ4n) is 0.826. The number of hydrogen-bond acceptors (Lipinski definition) is 1. The van der Waals surface area contributed by atoms with Crippen LogP contribution in [-0.4, -0.2) is 12.0 Å². The minimum absolute atomic E-state index is 0.208. The Bertz CT molecular complexity index is 372. The molecule has 0 saturated heterocycles. The van der Waals surface area contributed by atoms with Gasteiger partial charge in [-0.05, 0) is 34.1 Å². The van der Waals surface area contributed by atoms with Crippen molar-refractivity contribution in [3.63, 3.8) is 0 Å². The zero-order valence-electron chi connectivity index (χ0n) is 6.53. The lowest BCUT2D eigenvalue weighted by Gasteiger charge is -2.06. The van der Waals surface area contributed by atoms with Gasteiger partial charge in [-0.3, -0.25) is 4.79 Å². The molecule has 0 N–H and O–H groups in total. The lowest BCUT2D eigenvalue weighted by Crippen LogP contribution is -2.23. The maximum atomic E-state index is 12.5. The first-order chi connectivity index (χ1) is 6.32. The molecule has 0 saturated carbocycles. The summed E-state index contributed by atoms with van der Waals surface area (Å²) in [5.41, 5.74) is -0.598. The highest BCUT2D eigenvalue weighted by Crippen LogP contribution is 2.26. The average molecular weight is 271 g/mol. The van der Waals surface area contributed by atoms with Crippen LogP contribution in [0.25, 0.3) is 0 Å². The molecule has 0 bridgehead atoms. The number of alkyl halides is 3. The first-order valence-corrected chi connectivity index (χ1v) is 4.18. The maximum Gasteiger partial charge on any atom is 0.454 e. The van der Waals surface area contributed by atoms with E-state index < -0.39 is 23.3 Å². The predicted molar refractivity (Wildman–Crippen MR) is 44.5 cm³/mol. The molecule has 1 aromatic carbocycles. The molecular weight excluding hydrogens is 268 g/mol. The molecule has 0 spiro atoms. The van der Waals surface area contributed by atoms with Gasteiger partial charge in [0.05, 0.1) is 0 Å². The van der Waals surface area contributed by atoms with Gasteiger partial charge in [0.1, 0.15) is 5.82 Å². The Kier molecular flexibility index (Phi) is 2.94. The number of benzene rings is 1. The fourth-order valence-corrected chi connectivity index (χ4v) is 1.36.